The van der Waals surface area contributed by atoms with Gasteiger partial charge in [-0.2, -0.15) is 62.2 Å². The molecule has 604 valence electrons. The Labute approximate surface area is 859 Å². The van der Waals surface area contributed by atoms with Gasteiger partial charge in [0.15, 0.2) is 0 Å². The van der Waals surface area contributed by atoms with E-state index in [1.807, 2.05) is 0 Å². The third kappa shape index (κ3) is 153. The van der Waals surface area contributed by atoms with Crippen molar-refractivity contribution in [1.29, 1.82) is 0 Å². The van der Waals surface area contributed by atoms with Gasteiger partial charge in [-0.25, -0.2) is 38.5 Å². The fourth-order valence-electron chi connectivity index (χ4n) is 10.4. The van der Waals surface area contributed by atoms with Gasteiger partial charge in [0, 0.05) is 262 Å². The average molecular weight is 2030 g/mol. The minimum atomic E-state index is 0. The summed E-state index contributed by atoms with van der Waals surface area (Å²) in [6.45, 7) is 99.4. The first kappa shape index (κ1) is 149. The van der Waals surface area contributed by atoms with Gasteiger partial charge in [-0.3, -0.25) is 10.8 Å². The summed E-state index contributed by atoms with van der Waals surface area (Å²) in [5, 5.41) is 0. The summed E-state index contributed by atoms with van der Waals surface area (Å²) < 4.78 is 0. The molecule has 0 aromatic rings. The Morgan fingerprint density at radius 2 is 0.353 bits per heavy atom. The van der Waals surface area contributed by atoms with Crippen molar-refractivity contribution < 1.29 is 262 Å². The molecule has 8 saturated carbocycles. The van der Waals surface area contributed by atoms with Crippen molar-refractivity contribution in [2.75, 3.05) is 0 Å². The van der Waals surface area contributed by atoms with Crippen molar-refractivity contribution in [2.24, 2.45) is 69.0 Å². The Kier molecular flexibility index (Phi) is 154. The molecule has 0 heterocycles. The summed E-state index contributed by atoms with van der Waals surface area (Å²) in [5.41, 5.74) is 1.11. The van der Waals surface area contributed by atoms with Crippen molar-refractivity contribution in [1.82, 2.24) is 0 Å². The Hall–Kier alpha value is 8.83. The monoisotopic (exact) mass is 2030 g/mol. The summed E-state index contributed by atoms with van der Waals surface area (Å²) >= 11 is 0. The van der Waals surface area contributed by atoms with Crippen molar-refractivity contribution in [3.8, 4) is 0 Å². The van der Waals surface area contributed by atoms with Gasteiger partial charge in [0.1, 0.15) is 0 Å². The van der Waals surface area contributed by atoms with Crippen molar-refractivity contribution in [3.05, 3.63) is 107 Å². The zero-order valence-corrected chi connectivity index (χ0v) is 98.1. The van der Waals surface area contributed by atoms with E-state index in [1.165, 1.54) is 231 Å². The molecular weight excluding hydrogens is 1840 g/mol. The van der Waals surface area contributed by atoms with Crippen LogP contribution in [0, 0.1) is 176 Å². The first-order valence-electron chi connectivity index (χ1n) is 40.8. The maximum atomic E-state index is 4.12. The summed E-state index contributed by atoms with van der Waals surface area (Å²) in [4.78, 5) is 0. The molecule has 8 aliphatic carbocycles. The molecule has 8 fully saturated rings. The predicted octanol–water partition coefficient (Wildman–Crippen LogP) is 33.9. The average Bonchev–Trinajstić information content (AvgIpc) is 1.53. The molecular formula is C94H188Y8-16. The third-order valence-electron chi connectivity index (χ3n) is 15.2. The van der Waals surface area contributed by atoms with E-state index in [0.29, 0.717) is 10.8 Å². The standard InChI is InChI=1S/6C8H14.2C7H12.8C4H10.8Y/c2*1-8(2)6-4-3-5-7-8;2*1-3-8(2)6-4-5-7-8;2*1-2-5-8-6-3-4-7-8;2*1-2-7-5-3-4-6-7;8*1-4(2)3;;;;;;;;/h6*1-7H2;2*1-6H2;8*4H,1-3H3;;;;;;;;/q8*-2;;;;;;;;;;;;;;;;. The van der Waals surface area contributed by atoms with Crippen LogP contribution in [0.5, 0.6) is 0 Å². The summed E-state index contributed by atoms with van der Waals surface area (Å²) in [6, 6.07) is 0. The molecule has 0 aromatic heterocycles. The molecule has 0 saturated heterocycles. The molecule has 8 aliphatic rings. The van der Waals surface area contributed by atoms with Crippen LogP contribution in [-0.4, -0.2) is 0 Å². The van der Waals surface area contributed by atoms with Crippen LogP contribution < -0.4 is 0 Å². The van der Waals surface area contributed by atoms with E-state index in [1.54, 1.807) is 23.7 Å². The molecule has 0 amide bonds. The van der Waals surface area contributed by atoms with Crippen LogP contribution in [0.15, 0.2) is 0 Å². The molecule has 0 N–H and O–H groups in total. The van der Waals surface area contributed by atoms with Gasteiger partial charge in [-0.15, -0.1) is 25.7 Å². The number of rotatable bonds is 8. The second kappa shape index (κ2) is 106. The van der Waals surface area contributed by atoms with Gasteiger partial charge >= 0.3 is 0 Å². The van der Waals surface area contributed by atoms with Crippen molar-refractivity contribution in [3.63, 3.8) is 0 Å². The molecule has 0 unspecified atom stereocenters. The van der Waals surface area contributed by atoms with Crippen LogP contribution in [-0.2, 0) is 262 Å². The van der Waals surface area contributed by atoms with Gasteiger partial charge in [0.25, 0.3) is 0 Å². The van der Waals surface area contributed by atoms with E-state index < -0.39 is 0 Å². The van der Waals surface area contributed by atoms with Gasteiger partial charge in [-0.05, 0) is 47.3 Å². The van der Waals surface area contributed by atoms with Gasteiger partial charge in [0.2, 0.25) is 0 Å². The van der Waals surface area contributed by atoms with E-state index >= 15 is 0 Å². The molecule has 102 heavy (non-hydrogen) atoms. The Morgan fingerprint density at radius 3 is 0.441 bits per heavy atom. The smallest absolute Gasteiger partial charge is 0 e. The van der Waals surface area contributed by atoms with Crippen LogP contribution in [0.3, 0.4) is 0 Å². The van der Waals surface area contributed by atoms with E-state index in [9.17, 15) is 0 Å². The second-order valence-electron chi connectivity index (χ2n) is 35.4. The summed E-state index contributed by atoms with van der Waals surface area (Å²) in [7, 11) is 0. The molecule has 0 spiro atoms. The topological polar surface area (TPSA) is 0 Å². The molecule has 0 atom stereocenters. The van der Waals surface area contributed by atoms with E-state index in [2.05, 4.69) is 249 Å². The first-order valence-corrected chi connectivity index (χ1v) is 40.8. The van der Waals surface area contributed by atoms with Crippen molar-refractivity contribution in [2.45, 2.75) is 436 Å². The minimum absolute atomic E-state index is 0. The fourth-order valence-corrected chi connectivity index (χ4v) is 10.4. The predicted molar refractivity (Wildman–Crippen MR) is 445 cm³/mol. The Morgan fingerprint density at radius 1 is 0.216 bits per heavy atom. The van der Waals surface area contributed by atoms with Crippen LogP contribution in [0.25, 0.3) is 0 Å². The van der Waals surface area contributed by atoms with Gasteiger partial charge < -0.3 is 120 Å². The van der Waals surface area contributed by atoms with Crippen LogP contribution >= 0.6 is 0 Å². The summed E-state index contributed by atoms with van der Waals surface area (Å²) in [6.07, 6.45) is 55.3. The zero-order chi connectivity index (χ0) is 74.6. The SMILES string of the molecule is CC(C)C.CC(C)C.CC(C)C.CC(C)C.CC(C)C.CC(C)C.CC(C)C.CC(C)C.[CH2-]C1([CH2-])CCCCC1.[CH2-]C1([CH2-])CCCCC1.[CH2-]CC1([CH2-])CCCC1.[CH2-]CC1([CH2-])CCCC1.[CH2-]CC[C-]1CCCC1.[CH2-]CC[C-]1CCCC1.[CH2-]C[C-]1CCCC1.[CH2-]C[C-]1CCCC1.[Y].[Y].[Y].[Y].[Y].[Y].[Y].[Y]. The maximum Gasteiger partial charge on any atom is 0 e. The second-order valence-corrected chi connectivity index (χ2v) is 35.4. The normalized spacial score (nSPS) is 18.0. The Bertz CT molecular complexity index is 1150. The van der Waals surface area contributed by atoms with Crippen LogP contribution in [0.2, 0.25) is 0 Å². The first-order chi connectivity index (χ1) is 43.5. The van der Waals surface area contributed by atoms with E-state index in [4.69, 9.17) is 0 Å². The maximum absolute atomic E-state index is 4.12. The zero-order valence-electron chi connectivity index (χ0n) is 75.4. The minimum Gasteiger partial charge on any atom is -0.372 e. The molecule has 0 aliphatic heterocycles. The molecule has 0 bridgehead atoms. The fraction of sp³-hybridized carbons (Fsp3) is 0.830. The molecule has 0 nitrogen and oxygen atoms in total. The van der Waals surface area contributed by atoms with Gasteiger partial charge in [0.05, 0.1) is 0 Å². The molecule has 8 heteroatoms. The van der Waals surface area contributed by atoms with Gasteiger partial charge in [-0.1, -0.05) is 307 Å². The Balaban J connectivity index is -0.0000000555. The number of hydrogen-bond acceptors (Lipinski definition) is 0. The van der Waals surface area contributed by atoms with E-state index in [-0.39, 0.29) is 273 Å². The van der Waals surface area contributed by atoms with E-state index in [0.717, 1.165) is 85.9 Å². The largest absolute Gasteiger partial charge is 0.372 e. The third-order valence-corrected chi connectivity index (χ3v) is 15.2. The van der Waals surface area contributed by atoms with Crippen molar-refractivity contribution >= 4 is 0 Å². The molecule has 0 aromatic carbocycles. The summed E-state index contributed by atoms with van der Waals surface area (Å²) in [5.74, 6) is 13.6. The molecule has 8 radical (unpaired) electrons. The molecule has 8 rings (SSSR count). The quantitative estimate of drug-likeness (QED) is 0.213. The van der Waals surface area contributed by atoms with Crippen LogP contribution in [0.4, 0.5) is 0 Å². The number of hydrogen-bond donors (Lipinski definition) is 0. The van der Waals surface area contributed by atoms with Crippen LogP contribution in [0.1, 0.15) is 436 Å².